The Bertz CT molecular complexity index is 484. The lowest BCUT2D eigenvalue weighted by atomic mass is 10.1. The maximum atomic E-state index is 11.6. The molecular formula is C14H15NO5. The highest BCUT2D eigenvalue weighted by Gasteiger charge is 2.26. The second kappa shape index (κ2) is 6.70. The molecule has 20 heavy (non-hydrogen) atoms. The third-order valence-corrected chi connectivity index (χ3v) is 2.88. The van der Waals surface area contributed by atoms with E-state index in [4.69, 9.17) is 4.74 Å². The molecule has 0 bridgehead atoms. The van der Waals surface area contributed by atoms with Gasteiger partial charge in [-0.2, -0.15) is 0 Å². The molecule has 1 aliphatic heterocycles. The van der Waals surface area contributed by atoms with Crippen LogP contribution in [0.4, 0.5) is 4.79 Å². The molecule has 1 fully saturated rings. The van der Waals surface area contributed by atoms with Gasteiger partial charge in [-0.05, 0) is 12.0 Å². The van der Waals surface area contributed by atoms with Crippen LogP contribution < -0.4 is 5.32 Å². The quantitative estimate of drug-likeness (QED) is 0.652. The number of rotatable bonds is 5. The summed E-state index contributed by atoms with van der Waals surface area (Å²) in [6.45, 7) is 0.221. The van der Waals surface area contributed by atoms with Gasteiger partial charge in [0.25, 0.3) is 0 Å². The number of carbonyl (C=O) groups excluding carboxylic acids is 3. The van der Waals surface area contributed by atoms with Crippen molar-refractivity contribution in [3.63, 3.8) is 0 Å². The normalized spacial score (nSPS) is 18.1. The van der Waals surface area contributed by atoms with Gasteiger partial charge < -0.3 is 14.8 Å². The second-order valence-corrected chi connectivity index (χ2v) is 4.49. The standard InChI is InChI=1S/C14H15NO5/c16-12(19-9-10-4-2-1-3-5-10)7-6-11-8-13(17)20-14(18)15-11/h1-5,11H,6-9H2,(H,15,18)/t11-/m0/s1. The van der Waals surface area contributed by atoms with E-state index in [1.54, 1.807) is 0 Å². The van der Waals surface area contributed by atoms with Crippen molar-refractivity contribution in [3.8, 4) is 0 Å². The molecular weight excluding hydrogens is 262 g/mol. The Morgan fingerprint density at radius 1 is 1.30 bits per heavy atom. The molecule has 2 rings (SSSR count). The van der Waals surface area contributed by atoms with Gasteiger partial charge in [-0.3, -0.25) is 9.59 Å². The van der Waals surface area contributed by atoms with Crippen LogP contribution >= 0.6 is 0 Å². The van der Waals surface area contributed by atoms with E-state index in [1.165, 1.54) is 0 Å². The lowest BCUT2D eigenvalue weighted by Gasteiger charge is -2.21. The Morgan fingerprint density at radius 3 is 2.75 bits per heavy atom. The van der Waals surface area contributed by atoms with Crippen LogP contribution in [-0.2, 0) is 25.7 Å². The molecule has 1 atom stereocenters. The third-order valence-electron chi connectivity index (χ3n) is 2.88. The van der Waals surface area contributed by atoms with E-state index in [9.17, 15) is 14.4 Å². The van der Waals surface area contributed by atoms with E-state index in [1.807, 2.05) is 30.3 Å². The number of benzene rings is 1. The lowest BCUT2D eigenvalue weighted by molar-refractivity contribution is -0.146. The molecule has 1 amide bonds. The molecule has 1 aliphatic rings. The summed E-state index contributed by atoms with van der Waals surface area (Å²) in [5.41, 5.74) is 0.912. The van der Waals surface area contributed by atoms with E-state index in [2.05, 4.69) is 10.1 Å². The van der Waals surface area contributed by atoms with E-state index >= 15 is 0 Å². The maximum Gasteiger partial charge on any atom is 0.415 e. The Hall–Kier alpha value is -2.37. The smallest absolute Gasteiger partial charge is 0.415 e. The molecule has 1 aromatic rings. The van der Waals surface area contributed by atoms with Gasteiger partial charge in [0.1, 0.15) is 6.61 Å². The topological polar surface area (TPSA) is 81.7 Å². The summed E-state index contributed by atoms with van der Waals surface area (Å²) in [6, 6.07) is 8.98. The molecule has 0 unspecified atom stereocenters. The number of esters is 2. The van der Waals surface area contributed by atoms with Crippen LogP contribution in [0.1, 0.15) is 24.8 Å². The summed E-state index contributed by atoms with van der Waals surface area (Å²) in [4.78, 5) is 33.6. The van der Waals surface area contributed by atoms with Crippen LogP contribution in [0.3, 0.4) is 0 Å². The average molecular weight is 277 g/mol. The number of ether oxygens (including phenoxy) is 2. The second-order valence-electron chi connectivity index (χ2n) is 4.49. The first-order valence-electron chi connectivity index (χ1n) is 6.34. The van der Waals surface area contributed by atoms with Crippen molar-refractivity contribution >= 4 is 18.0 Å². The highest BCUT2D eigenvalue weighted by molar-refractivity contribution is 5.87. The first-order chi connectivity index (χ1) is 9.63. The fourth-order valence-electron chi connectivity index (χ4n) is 1.87. The van der Waals surface area contributed by atoms with Crippen LogP contribution in [-0.4, -0.2) is 24.1 Å². The minimum absolute atomic E-state index is 0.0811. The molecule has 0 aliphatic carbocycles. The number of amides is 1. The van der Waals surface area contributed by atoms with Gasteiger partial charge >= 0.3 is 18.0 Å². The van der Waals surface area contributed by atoms with Gasteiger partial charge in [0.2, 0.25) is 0 Å². The zero-order valence-electron chi connectivity index (χ0n) is 10.8. The highest BCUT2D eigenvalue weighted by atomic mass is 16.6. The third kappa shape index (κ3) is 4.38. The molecule has 0 saturated carbocycles. The largest absolute Gasteiger partial charge is 0.461 e. The number of cyclic esters (lactones) is 2. The molecule has 0 aromatic heterocycles. The lowest BCUT2D eigenvalue weighted by Crippen LogP contribution is -2.43. The molecule has 0 spiro atoms. The van der Waals surface area contributed by atoms with Crippen molar-refractivity contribution in [2.24, 2.45) is 0 Å². The number of carbonyl (C=O) groups is 3. The van der Waals surface area contributed by atoms with Crippen molar-refractivity contribution in [1.29, 1.82) is 0 Å². The Kier molecular flexibility index (Phi) is 4.70. The molecule has 1 aromatic carbocycles. The van der Waals surface area contributed by atoms with E-state index in [0.29, 0.717) is 6.42 Å². The Morgan fingerprint density at radius 2 is 2.05 bits per heavy atom. The predicted octanol–water partition coefficient (Wildman–Crippen LogP) is 1.54. The zero-order chi connectivity index (χ0) is 14.4. The number of hydrogen-bond acceptors (Lipinski definition) is 5. The summed E-state index contributed by atoms with van der Waals surface area (Å²) < 4.78 is 9.43. The highest BCUT2D eigenvalue weighted by Crippen LogP contribution is 2.10. The molecule has 1 N–H and O–H groups in total. The van der Waals surface area contributed by atoms with Gasteiger partial charge in [-0.1, -0.05) is 30.3 Å². The van der Waals surface area contributed by atoms with Gasteiger partial charge in [-0.25, -0.2) is 4.79 Å². The summed E-state index contributed by atoms with van der Waals surface area (Å²) in [5, 5.41) is 2.49. The monoisotopic (exact) mass is 277 g/mol. The molecule has 0 radical (unpaired) electrons. The van der Waals surface area contributed by atoms with Crippen LogP contribution in [0.15, 0.2) is 30.3 Å². The minimum atomic E-state index is -0.760. The summed E-state index contributed by atoms with van der Waals surface area (Å²) in [5.74, 6) is -0.932. The Balaban J connectivity index is 1.70. The van der Waals surface area contributed by atoms with Crippen LogP contribution in [0.25, 0.3) is 0 Å². The number of alkyl carbamates (subject to hydrolysis) is 1. The average Bonchev–Trinajstić information content (AvgIpc) is 2.43. The van der Waals surface area contributed by atoms with Gasteiger partial charge in [0.15, 0.2) is 0 Å². The fourth-order valence-corrected chi connectivity index (χ4v) is 1.87. The molecule has 106 valence electrons. The van der Waals surface area contributed by atoms with Crippen LogP contribution in [0.2, 0.25) is 0 Å². The van der Waals surface area contributed by atoms with Crippen molar-refractivity contribution in [1.82, 2.24) is 5.32 Å². The van der Waals surface area contributed by atoms with Gasteiger partial charge in [0.05, 0.1) is 6.42 Å². The molecule has 6 nitrogen and oxygen atoms in total. The molecule has 6 heteroatoms. The Labute approximate surface area is 116 Å². The van der Waals surface area contributed by atoms with Crippen LogP contribution in [0, 0.1) is 0 Å². The van der Waals surface area contributed by atoms with Crippen molar-refractivity contribution in [2.45, 2.75) is 31.9 Å². The van der Waals surface area contributed by atoms with E-state index in [0.717, 1.165) is 5.56 Å². The molecule has 1 heterocycles. The molecule has 1 saturated heterocycles. The fraction of sp³-hybridized carbons (Fsp3) is 0.357. The van der Waals surface area contributed by atoms with E-state index in [-0.39, 0.29) is 31.5 Å². The van der Waals surface area contributed by atoms with Crippen molar-refractivity contribution in [2.75, 3.05) is 0 Å². The summed E-state index contributed by atoms with van der Waals surface area (Å²) >= 11 is 0. The minimum Gasteiger partial charge on any atom is -0.461 e. The summed E-state index contributed by atoms with van der Waals surface area (Å²) in [7, 11) is 0. The predicted molar refractivity (Wildman–Crippen MR) is 68.5 cm³/mol. The van der Waals surface area contributed by atoms with Crippen molar-refractivity contribution in [3.05, 3.63) is 35.9 Å². The summed E-state index contributed by atoms with van der Waals surface area (Å²) in [6.07, 6.45) is -0.180. The number of nitrogens with one attached hydrogen (secondary N) is 1. The number of hydrogen-bond donors (Lipinski definition) is 1. The van der Waals surface area contributed by atoms with Gasteiger partial charge in [-0.15, -0.1) is 0 Å². The first kappa shape index (κ1) is 14.0. The van der Waals surface area contributed by atoms with Crippen LogP contribution in [0.5, 0.6) is 0 Å². The maximum absolute atomic E-state index is 11.6. The SMILES string of the molecule is O=C(CC[C@H]1CC(=O)OC(=O)N1)OCc1ccccc1. The van der Waals surface area contributed by atoms with E-state index < -0.39 is 12.1 Å². The zero-order valence-corrected chi connectivity index (χ0v) is 10.8. The van der Waals surface area contributed by atoms with Gasteiger partial charge in [0, 0.05) is 12.5 Å². The first-order valence-corrected chi connectivity index (χ1v) is 6.34. The van der Waals surface area contributed by atoms with Crippen molar-refractivity contribution < 1.29 is 23.9 Å².